The molecule has 13 heavy (non-hydrogen) atoms. The van der Waals surface area contributed by atoms with Gasteiger partial charge in [0.05, 0.1) is 0 Å². The number of nitrogens with zero attached hydrogens (tertiary/aromatic N) is 2. The maximum Gasteiger partial charge on any atom is 0.255 e. The molecule has 1 aromatic heterocycles. The number of hydrogen-bond acceptors (Lipinski definition) is 2. The van der Waals surface area contributed by atoms with E-state index in [1.54, 1.807) is 6.20 Å². The van der Waals surface area contributed by atoms with E-state index in [-0.39, 0.29) is 5.78 Å². The molecule has 3 heteroatoms. The Bertz CT molecular complexity index is 361. The summed E-state index contributed by atoms with van der Waals surface area (Å²) in [7, 11) is 0. The Morgan fingerprint density at radius 3 is 3.15 bits per heavy atom. The summed E-state index contributed by atoms with van der Waals surface area (Å²) in [6, 6.07) is 0. The van der Waals surface area contributed by atoms with Crippen LogP contribution < -0.4 is 0 Å². The quantitative estimate of drug-likeness (QED) is 0.362. The predicted octanol–water partition coefficient (Wildman–Crippen LogP) is 1.04. The molecule has 0 atom stereocenters. The van der Waals surface area contributed by atoms with Crippen LogP contribution in [0.25, 0.3) is 0 Å². The third kappa shape index (κ3) is 1.35. The average Bonchev–Trinajstić information content (AvgIpc) is 2.59. The van der Waals surface area contributed by atoms with Gasteiger partial charge < -0.3 is 4.57 Å². The fourth-order valence-corrected chi connectivity index (χ4v) is 1.60. The first-order chi connectivity index (χ1) is 6.31. The van der Waals surface area contributed by atoms with Crippen LogP contribution in [0.4, 0.5) is 0 Å². The highest BCUT2D eigenvalue weighted by Crippen LogP contribution is 2.14. The molecular weight excluding hydrogens is 164 g/mol. The Hall–Kier alpha value is -1.56. The van der Waals surface area contributed by atoms with E-state index in [9.17, 15) is 4.79 Å². The molecule has 0 aliphatic carbocycles. The largest absolute Gasteiger partial charge is 0.334 e. The highest BCUT2D eigenvalue weighted by atomic mass is 16.1. The van der Waals surface area contributed by atoms with Gasteiger partial charge in [-0.05, 0) is 18.8 Å². The summed E-state index contributed by atoms with van der Waals surface area (Å²) in [6.07, 6.45) is 10.0. The summed E-state index contributed by atoms with van der Waals surface area (Å²) < 4.78 is 2.02. The molecule has 1 aromatic rings. The molecule has 1 aliphatic rings. The topological polar surface area (TPSA) is 34.9 Å². The second-order valence-electron chi connectivity index (χ2n) is 3.17. The number of terminal acetylenes is 1. The van der Waals surface area contributed by atoms with E-state index in [0.29, 0.717) is 5.69 Å². The van der Waals surface area contributed by atoms with Gasteiger partial charge in [0.2, 0.25) is 0 Å². The Kier molecular flexibility index (Phi) is 1.90. The molecule has 0 spiro atoms. The van der Waals surface area contributed by atoms with Gasteiger partial charge in [0.25, 0.3) is 5.78 Å². The molecule has 0 amide bonds. The van der Waals surface area contributed by atoms with Gasteiger partial charge in [-0.25, -0.2) is 4.98 Å². The molecule has 0 bridgehead atoms. The Morgan fingerprint density at radius 1 is 1.62 bits per heavy atom. The minimum Gasteiger partial charge on any atom is -0.334 e. The van der Waals surface area contributed by atoms with E-state index >= 15 is 0 Å². The number of fused-ring (bicyclic) bond motifs is 1. The van der Waals surface area contributed by atoms with Gasteiger partial charge in [-0.15, -0.1) is 6.42 Å². The lowest BCUT2D eigenvalue weighted by molar-refractivity contribution is 0.105. The third-order valence-electron chi connectivity index (χ3n) is 2.27. The van der Waals surface area contributed by atoms with Crippen molar-refractivity contribution in [1.82, 2.24) is 9.55 Å². The first-order valence-electron chi connectivity index (χ1n) is 4.38. The van der Waals surface area contributed by atoms with Crippen LogP contribution in [-0.4, -0.2) is 15.3 Å². The van der Waals surface area contributed by atoms with Crippen molar-refractivity contribution in [3.63, 3.8) is 0 Å². The van der Waals surface area contributed by atoms with Crippen molar-refractivity contribution < 1.29 is 4.79 Å². The van der Waals surface area contributed by atoms with Crippen molar-refractivity contribution in [3.05, 3.63) is 17.7 Å². The van der Waals surface area contributed by atoms with E-state index in [1.807, 2.05) is 4.57 Å². The van der Waals surface area contributed by atoms with Gasteiger partial charge in [-0.3, -0.25) is 4.79 Å². The van der Waals surface area contributed by atoms with Gasteiger partial charge in [0.1, 0.15) is 11.5 Å². The lowest BCUT2D eigenvalue weighted by Gasteiger charge is -2.11. The molecule has 3 nitrogen and oxygen atoms in total. The maximum absolute atomic E-state index is 11.1. The van der Waals surface area contributed by atoms with Gasteiger partial charge in [-0.1, -0.05) is 0 Å². The molecule has 66 valence electrons. The number of imidazole rings is 1. The number of Topliss-reactive ketones (excluding diaryl/α,β-unsaturated/α-hetero) is 1. The molecule has 0 radical (unpaired) electrons. The molecule has 2 heterocycles. The van der Waals surface area contributed by atoms with Crippen LogP contribution in [0, 0.1) is 12.3 Å². The SMILES string of the molecule is C#CC(=O)c1cn2c(n1)CCCC2. The predicted molar refractivity (Wildman–Crippen MR) is 48.3 cm³/mol. The normalized spacial score (nSPS) is 14.7. The smallest absolute Gasteiger partial charge is 0.255 e. The maximum atomic E-state index is 11.1. The van der Waals surface area contributed by atoms with Crippen LogP contribution >= 0.6 is 0 Å². The van der Waals surface area contributed by atoms with Crippen molar-refractivity contribution >= 4 is 5.78 Å². The molecular formula is C10H10N2O. The molecule has 1 aliphatic heterocycles. The number of ketones is 1. The minimum absolute atomic E-state index is 0.318. The lowest BCUT2D eigenvalue weighted by Crippen LogP contribution is -2.08. The van der Waals surface area contributed by atoms with Gasteiger partial charge in [-0.2, -0.15) is 0 Å². The summed E-state index contributed by atoms with van der Waals surface area (Å²) in [6.45, 7) is 0.959. The zero-order valence-corrected chi connectivity index (χ0v) is 7.29. The van der Waals surface area contributed by atoms with Crippen molar-refractivity contribution in [2.24, 2.45) is 0 Å². The summed E-state index contributed by atoms with van der Waals surface area (Å²) >= 11 is 0. The van der Waals surface area contributed by atoms with E-state index in [2.05, 4.69) is 10.9 Å². The first kappa shape index (κ1) is 8.06. The monoisotopic (exact) mass is 174 g/mol. The van der Waals surface area contributed by atoms with Crippen LogP contribution in [-0.2, 0) is 13.0 Å². The number of carbonyl (C=O) groups excluding carboxylic acids is 1. The second kappa shape index (κ2) is 3.06. The Balaban J connectivity index is 2.36. The van der Waals surface area contributed by atoms with Gasteiger partial charge >= 0.3 is 0 Å². The van der Waals surface area contributed by atoms with Crippen LogP contribution in [0.3, 0.4) is 0 Å². The number of carbonyl (C=O) groups is 1. The molecule has 2 rings (SSSR count). The van der Waals surface area contributed by atoms with E-state index in [0.717, 1.165) is 31.6 Å². The first-order valence-corrected chi connectivity index (χ1v) is 4.38. The van der Waals surface area contributed by atoms with Gasteiger partial charge in [0.15, 0.2) is 0 Å². The Labute approximate surface area is 76.8 Å². The second-order valence-corrected chi connectivity index (χ2v) is 3.17. The molecule has 0 saturated heterocycles. The molecule has 0 aromatic carbocycles. The highest BCUT2D eigenvalue weighted by Gasteiger charge is 2.14. The fourth-order valence-electron chi connectivity index (χ4n) is 1.60. The molecule has 0 fully saturated rings. The van der Waals surface area contributed by atoms with Crippen molar-refractivity contribution in [3.8, 4) is 12.3 Å². The van der Waals surface area contributed by atoms with E-state index in [4.69, 9.17) is 6.42 Å². The van der Waals surface area contributed by atoms with Crippen LogP contribution in [0.2, 0.25) is 0 Å². The zero-order chi connectivity index (χ0) is 9.26. The van der Waals surface area contributed by atoms with Crippen molar-refractivity contribution in [1.29, 1.82) is 0 Å². The zero-order valence-electron chi connectivity index (χ0n) is 7.29. The standard InChI is InChI=1S/C10H10N2O/c1-2-9(13)8-7-12-6-4-3-5-10(12)11-8/h1,7H,3-6H2. The number of aromatic nitrogens is 2. The van der Waals surface area contributed by atoms with E-state index < -0.39 is 0 Å². The van der Waals surface area contributed by atoms with Crippen LogP contribution in [0.1, 0.15) is 29.2 Å². The summed E-state index contributed by atoms with van der Waals surface area (Å²) in [5.41, 5.74) is 0.416. The summed E-state index contributed by atoms with van der Waals surface area (Å²) in [4.78, 5) is 15.3. The molecule has 0 saturated carbocycles. The fraction of sp³-hybridized carbons (Fsp3) is 0.400. The molecule has 0 unspecified atom stereocenters. The van der Waals surface area contributed by atoms with Crippen LogP contribution in [0.15, 0.2) is 6.20 Å². The van der Waals surface area contributed by atoms with Crippen molar-refractivity contribution in [2.75, 3.05) is 0 Å². The van der Waals surface area contributed by atoms with Crippen LogP contribution in [0.5, 0.6) is 0 Å². The number of hydrogen-bond donors (Lipinski definition) is 0. The average molecular weight is 174 g/mol. The van der Waals surface area contributed by atoms with Crippen molar-refractivity contribution in [2.45, 2.75) is 25.8 Å². The lowest BCUT2D eigenvalue weighted by atomic mass is 10.2. The number of rotatable bonds is 1. The Morgan fingerprint density at radius 2 is 2.46 bits per heavy atom. The van der Waals surface area contributed by atoms with E-state index in [1.165, 1.54) is 0 Å². The number of aryl methyl sites for hydroxylation is 2. The molecule has 0 N–H and O–H groups in total. The summed E-state index contributed by atoms with van der Waals surface area (Å²) in [5, 5.41) is 0. The summed E-state index contributed by atoms with van der Waals surface area (Å²) in [5.74, 6) is 2.75. The van der Waals surface area contributed by atoms with Gasteiger partial charge in [0, 0.05) is 19.2 Å². The third-order valence-corrected chi connectivity index (χ3v) is 2.27. The highest BCUT2D eigenvalue weighted by molar-refractivity contribution is 6.07. The minimum atomic E-state index is -0.318.